The van der Waals surface area contributed by atoms with Crippen molar-refractivity contribution in [1.29, 1.82) is 0 Å². The summed E-state index contributed by atoms with van der Waals surface area (Å²) in [6, 6.07) is 19.7. The molecule has 0 N–H and O–H groups in total. The van der Waals surface area contributed by atoms with Crippen molar-refractivity contribution < 1.29 is 4.57 Å². The molecule has 0 saturated heterocycles. The minimum Gasteiger partial charge on any atom is -0.351 e. The molecule has 2 aromatic carbocycles. The Balaban J connectivity index is 2.12. The van der Waals surface area contributed by atoms with Crippen molar-refractivity contribution in [2.45, 2.75) is 27.7 Å². The molecule has 2 heterocycles. The van der Waals surface area contributed by atoms with E-state index in [0.717, 1.165) is 0 Å². The molecule has 0 bridgehead atoms. The minimum absolute atomic E-state index is 1.25. The molecule has 0 radical (unpaired) electrons. The molecule has 4 rings (SSSR count). The highest BCUT2D eigenvalue weighted by atomic mass is 15.0. The highest BCUT2D eigenvalue weighted by Gasteiger charge is 2.24. The maximum absolute atomic E-state index is 2.41. The molecule has 0 atom stereocenters. The van der Waals surface area contributed by atoms with Crippen LogP contribution in [0.15, 0.2) is 60.8 Å². The Morgan fingerprint density at radius 1 is 0.808 bits per heavy atom. The van der Waals surface area contributed by atoms with E-state index in [1.54, 1.807) is 0 Å². The first-order valence-corrected chi connectivity index (χ1v) is 9.12. The predicted octanol–water partition coefficient (Wildman–Crippen LogP) is 5.36. The largest absolute Gasteiger partial charge is 0.351 e. The Morgan fingerprint density at radius 3 is 2.31 bits per heavy atom. The summed E-state index contributed by atoms with van der Waals surface area (Å²) >= 11 is 0. The van der Waals surface area contributed by atoms with Gasteiger partial charge in [-0.15, -0.1) is 0 Å². The Hall–Kier alpha value is -2.87. The van der Waals surface area contributed by atoms with Gasteiger partial charge in [0.25, 0.3) is 0 Å². The van der Waals surface area contributed by atoms with Crippen LogP contribution in [0.25, 0.3) is 27.8 Å². The number of fused-ring (bicyclic) bond motifs is 1. The number of aromatic nitrogens is 2. The maximum Gasteiger partial charge on any atom is 0.218 e. The summed E-state index contributed by atoms with van der Waals surface area (Å²) in [5.74, 6) is 0. The van der Waals surface area contributed by atoms with Crippen LogP contribution in [0.2, 0.25) is 0 Å². The molecule has 0 saturated carbocycles. The van der Waals surface area contributed by atoms with Gasteiger partial charge in [0.15, 0.2) is 5.69 Å². The zero-order chi connectivity index (χ0) is 18.4. The molecule has 0 aliphatic rings. The van der Waals surface area contributed by atoms with Gasteiger partial charge in [-0.25, -0.2) is 0 Å². The number of para-hydroxylation sites is 1. The molecule has 0 fully saturated rings. The Bertz CT molecular complexity index is 1130. The second kappa shape index (κ2) is 6.14. The van der Waals surface area contributed by atoms with Crippen LogP contribution in [-0.4, -0.2) is 4.57 Å². The molecule has 0 unspecified atom stereocenters. The summed E-state index contributed by atoms with van der Waals surface area (Å²) in [5.41, 5.74) is 10.3. The van der Waals surface area contributed by atoms with Gasteiger partial charge in [-0.3, -0.25) is 0 Å². The molecule has 0 aliphatic heterocycles. The number of benzene rings is 2. The quantitative estimate of drug-likeness (QED) is 0.434. The van der Waals surface area contributed by atoms with E-state index in [1.807, 2.05) is 0 Å². The molecule has 2 nitrogen and oxygen atoms in total. The average Bonchev–Trinajstić information content (AvgIpc) is 3.02. The zero-order valence-electron chi connectivity index (χ0n) is 16.2. The summed E-state index contributed by atoms with van der Waals surface area (Å²) in [4.78, 5) is 0. The van der Waals surface area contributed by atoms with Crippen molar-refractivity contribution in [2.24, 2.45) is 7.05 Å². The van der Waals surface area contributed by atoms with Gasteiger partial charge in [0, 0.05) is 60.1 Å². The van der Waals surface area contributed by atoms with Crippen molar-refractivity contribution in [3.63, 3.8) is 0 Å². The Morgan fingerprint density at radius 2 is 1.58 bits per heavy atom. The molecule has 0 aliphatic carbocycles. The molecule has 26 heavy (non-hydrogen) atoms. The zero-order valence-corrected chi connectivity index (χ0v) is 16.2. The molecule has 2 aromatic heterocycles. The lowest BCUT2D eigenvalue weighted by molar-refractivity contribution is -0.575. The fourth-order valence-corrected chi connectivity index (χ4v) is 4.24. The van der Waals surface area contributed by atoms with Crippen LogP contribution in [0, 0.1) is 27.7 Å². The van der Waals surface area contributed by atoms with E-state index in [1.165, 1.54) is 50.2 Å². The molecular weight excluding hydrogens is 316 g/mol. The Kier molecular flexibility index (Phi) is 3.91. The normalized spacial score (nSPS) is 11.3. The molecule has 2 heteroatoms. The maximum atomic E-state index is 2.41. The van der Waals surface area contributed by atoms with E-state index in [2.05, 4.69) is 105 Å². The third-order valence-electron chi connectivity index (χ3n) is 5.39. The van der Waals surface area contributed by atoms with Gasteiger partial charge in [-0.2, -0.15) is 4.57 Å². The molecule has 4 aromatic rings. The first-order valence-electron chi connectivity index (χ1n) is 9.12. The first-order chi connectivity index (χ1) is 12.5. The van der Waals surface area contributed by atoms with Crippen molar-refractivity contribution in [3.05, 3.63) is 83.2 Å². The van der Waals surface area contributed by atoms with Gasteiger partial charge < -0.3 is 4.57 Å². The lowest BCUT2D eigenvalue weighted by Gasteiger charge is -2.16. The second-order valence-electron chi connectivity index (χ2n) is 7.23. The van der Waals surface area contributed by atoms with Crippen LogP contribution in [0.3, 0.4) is 0 Å². The summed E-state index contributed by atoms with van der Waals surface area (Å²) < 4.78 is 4.61. The highest BCUT2D eigenvalue weighted by Crippen LogP contribution is 2.32. The number of nitrogens with zero attached hydrogens (tertiary/aromatic N) is 2. The number of aryl methyl sites for hydroxylation is 4. The first kappa shape index (κ1) is 16.6. The summed E-state index contributed by atoms with van der Waals surface area (Å²) in [5, 5.41) is 1.26. The number of pyridine rings is 1. The fourth-order valence-electron chi connectivity index (χ4n) is 4.24. The SMILES string of the molecule is Cc1cc(C)c(-[n+]2c(C)ccc3ccccc32)c(C)c1-c1cccn1C. The van der Waals surface area contributed by atoms with Gasteiger partial charge in [-0.05, 0) is 56.7 Å². The summed E-state index contributed by atoms with van der Waals surface area (Å²) in [7, 11) is 2.12. The molecule has 0 spiro atoms. The molecule has 0 amide bonds. The van der Waals surface area contributed by atoms with Crippen molar-refractivity contribution >= 4 is 10.9 Å². The van der Waals surface area contributed by atoms with Gasteiger partial charge in [0.1, 0.15) is 0 Å². The highest BCUT2D eigenvalue weighted by molar-refractivity contribution is 5.77. The number of rotatable bonds is 2. The fraction of sp³-hybridized carbons (Fsp3) is 0.208. The van der Waals surface area contributed by atoms with Crippen LogP contribution in [0.4, 0.5) is 0 Å². The average molecular weight is 341 g/mol. The van der Waals surface area contributed by atoms with Crippen LogP contribution in [-0.2, 0) is 7.05 Å². The van der Waals surface area contributed by atoms with Gasteiger partial charge >= 0.3 is 0 Å². The van der Waals surface area contributed by atoms with Crippen molar-refractivity contribution in [3.8, 4) is 16.9 Å². The summed E-state index contributed by atoms with van der Waals surface area (Å²) in [6.45, 7) is 8.88. The van der Waals surface area contributed by atoms with Crippen molar-refractivity contribution in [1.82, 2.24) is 4.57 Å². The van der Waals surface area contributed by atoms with E-state index in [4.69, 9.17) is 0 Å². The van der Waals surface area contributed by atoms with Crippen LogP contribution >= 0.6 is 0 Å². The van der Waals surface area contributed by atoms with E-state index in [0.29, 0.717) is 0 Å². The monoisotopic (exact) mass is 341 g/mol. The van der Waals surface area contributed by atoms with Crippen LogP contribution < -0.4 is 4.57 Å². The van der Waals surface area contributed by atoms with Crippen molar-refractivity contribution in [2.75, 3.05) is 0 Å². The lowest BCUT2D eigenvalue weighted by Crippen LogP contribution is -2.37. The van der Waals surface area contributed by atoms with E-state index in [9.17, 15) is 0 Å². The third-order valence-corrected chi connectivity index (χ3v) is 5.39. The van der Waals surface area contributed by atoms with Gasteiger partial charge in [-0.1, -0.05) is 12.1 Å². The Labute approximate surface area is 155 Å². The molecule has 130 valence electrons. The smallest absolute Gasteiger partial charge is 0.218 e. The second-order valence-corrected chi connectivity index (χ2v) is 7.23. The van der Waals surface area contributed by atoms with E-state index < -0.39 is 0 Å². The predicted molar refractivity (Wildman–Crippen MR) is 109 cm³/mol. The lowest BCUT2D eigenvalue weighted by atomic mass is 9.94. The number of hydrogen-bond acceptors (Lipinski definition) is 0. The van der Waals surface area contributed by atoms with Gasteiger partial charge in [0.05, 0.1) is 0 Å². The standard InChI is InChI=1S/C24H25N2/c1-16-15-17(2)24(19(4)23(16)22-11-8-14-25(22)5)26-18(3)12-13-20-9-6-7-10-21(20)26/h6-15H,1-5H3/q+1. The van der Waals surface area contributed by atoms with Crippen LogP contribution in [0.1, 0.15) is 22.4 Å². The number of hydrogen-bond donors (Lipinski definition) is 0. The van der Waals surface area contributed by atoms with E-state index >= 15 is 0 Å². The van der Waals surface area contributed by atoms with E-state index in [-0.39, 0.29) is 0 Å². The van der Waals surface area contributed by atoms with Crippen LogP contribution in [0.5, 0.6) is 0 Å². The minimum atomic E-state index is 1.25. The van der Waals surface area contributed by atoms with Gasteiger partial charge in [0.2, 0.25) is 11.2 Å². The third kappa shape index (κ3) is 2.45. The molecular formula is C24H25N2+. The summed E-state index contributed by atoms with van der Waals surface area (Å²) in [6.07, 6.45) is 2.12. The topological polar surface area (TPSA) is 8.81 Å².